The zero-order valence-electron chi connectivity index (χ0n) is 29.0. The minimum absolute atomic E-state index is 0.0367. The van der Waals surface area contributed by atoms with E-state index in [2.05, 4.69) is 111 Å². The summed E-state index contributed by atoms with van der Waals surface area (Å²) in [5.74, 6) is 4.02. The van der Waals surface area contributed by atoms with E-state index in [1.807, 2.05) is 18.2 Å². The van der Waals surface area contributed by atoms with Gasteiger partial charge >= 0.3 is 0 Å². The monoisotopic (exact) mass is 653 g/mol. The molecule has 5 aromatic rings. The van der Waals surface area contributed by atoms with Gasteiger partial charge in [0.25, 0.3) is 0 Å². The van der Waals surface area contributed by atoms with Crippen LogP contribution in [0.5, 0.6) is 0 Å². The molecule has 50 heavy (non-hydrogen) atoms. The Kier molecular flexibility index (Phi) is 7.83. The van der Waals surface area contributed by atoms with E-state index in [4.69, 9.17) is 19.4 Å². The minimum Gasteiger partial charge on any atom is -0.456 e. The van der Waals surface area contributed by atoms with Gasteiger partial charge in [0, 0.05) is 27.5 Å². The van der Waals surface area contributed by atoms with E-state index in [0.29, 0.717) is 29.3 Å². The van der Waals surface area contributed by atoms with Gasteiger partial charge in [0.05, 0.1) is 5.56 Å². The predicted octanol–water partition coefficient (Wildman–Crippen LogP) is 12.1. The second-order valence-corrected chi connectivity index (χ2v) is 14.2. The highest BCUT2D eigenvalue weighted by Gasteiger charge is 2.68. The van der Waals surface area contributed by atoms with E-state index in [-0.39, 0.29) is 5.41 Å². The molecule has 4 aliphatic rings. The zero-order chi connectivity index (χ0) is 33.7. The van der Waals surface area contributed by atoms with Gasteiger partial charge in [-0.15, -0.1) is 0 Å². The first kappa shape index (κ1) is 30.9. The molecule has 9 rings (SSSR count). The van der Waals surface area contributed by atoms with Crippen molar-refractivity contribution in [3.05, 3.63) is 137 Å². The summed E-state index contributed by atoms with van der Waals surface area (Å²) in [5.41, 5.74) is 10.5. The van der Waals surface area contributed by atoms with E-state index in [1.54, 1.807) is 11.1 Å². The van der Waals surface area contributed by atoms with Crippen LogP contribution in [0, 0.1) is 11.8 Å². The van der Waals surface area contributed by atoms with Crippen molar-refractivity contribution in [1.29, 1.82) is 0 Å². The van der Waals surface area contributed by atoms with Crippen molar-refractivity contribution in [2.24, 2.45) is 11.8 Å². The van der Waals surface area contributed by atoms with Crippen molar-refractivity contribution in [2.75, 3.05) is 0 Å². The fourth-order valence-corrected chi connectivity index (χ4v) is 9.15. The smallest absolute Gasteiger partial charge is 0.167 e. The number of aromatic nitrogens is 3. The molecule has 3 unspecified atom stereocenters. The van der Waals surface area contributed by atoms with Crippen molar-refractivity contribution in [2.45, 2.75) is 70.6 Å². The van der Waals surface area contributed by atoms with Crippen LogP contribution in [0.15, 0.2) is 125 Å². The molecular weight excluding hydrogens is 611 g/mol. The van der Waals surface area contributed by atoms with Gasteiger partial charge in [-0.3, -0.25) is 0 Å². The summed E-state index contributed by atoms with van der Waals surface area (Å²) in [6.45, 7) is 4.63. The Labute approximate surface area is 295 Å². The van der Waals surface area contributed by atoms with Crippen LogP contribution >= 0.6 is 0 Å². The molecule has 0 amide bonds. The van der Waals surface area contributed by atoms with E-state index in [9.17, 15) is 0 Å². The first-order chi connectivity index (χ1) is 24.7. The Hall–Kier alpha value is -5.09. The van der Waals surface area contributed by atoms with Crippen LogP contribution in [-0.4, -0.2) is 15.0 Å². The summed E-state index contributed by atoms with van der Waals surface area (Å²) in [7, 11) is 0. The van der Waals surface area contributed by atoms with Gasteiger partial charge in [0.2, 0.25) is 0 Å². The Bertz CT molecular complexity index is 2270. The number of hydrogen-bond donors (Lipinski definition) is 0. The molecule has 1 saturated carbocycles. The number of rotatable bonds is 9. The highest BCUT2D eigenvalue weighted by Crippen LogP contribution is 2.72. The molecule has 3 atom stereocenters. The number of nitrogens with zero attached hydrogens (tertiary/aromatic N) is 3. The maximum atomic E-state index is 6.97. The fourth-order valence-electron chi connectivity index (χ4n) is 9.15. The molecule has 0 spiro atoms. The van der Waals surface area contributed by atoms with Crippen LogP contribution in [0.4, 0.5) is 0 Å². The maximum absolute atomic E-state index is 6.97. The molecule has 0 radical (unpaired) electrons. The van der Waals surface area contributed by atoms with Gasteiger partial charge in [-0.2, -0.15) is 0 Å². The van der Waals surface area contributed by atoms with Crippen molar-refractivity contribution in [3.8, 4) is 34.2 Å². The third-order valence-electron chi connectivity index (χ3n) is 11.2. The van der Waals surface area contributed by atoms with Gasteiger partial charge in [-0.05, 0) is 84.8 Å². The van der Waals surface area contributed by atoms with Gasteiger partial charge in [-0.25, -0.2) is 15.0 Å². The lowest BCUT2D eigenvalue weighted by Gasteiger charge is -2.29. The van der Waals surface area contributed by atoms with E-state index in [1.165, 1.54) is 29.4 Å². The van der Waals surface area contributed by atoms with Crippen LogP contribution in [0.25, 0.3) is 56.8 Å². The van der Waals surface area contributed by atoms with Gasteiger partial charge in [-0.1, -0.05) is 130 Å². The molecule has 1 fully saturated rings. The molecule has 0 saturated heterocycles. The van der Waals surface area contributed by atoms with Crippen LogP contribution in [0.2, 0.25) is 0 Å². The first-order valence-corrected chi connectivity index (χ1v) is 18.6. The van der Waals surface area contributed by atoms with Gasteiger partial charge in [0.15, 0.2) is 17.5 Å². The lowest BCUT2D eigenvalue weighted by atomic mass is 9.74. The summed E-state index contributed by atoms with van der Waals surface area (Å²) >= 11 is 0. The summed E-state index contributed by atoms with van der Waals surface area (Å²) < 4.78 is 6.97. The maximum Gasteiger partial charge on any atom is 0.167 e. The Morgan fingerprint density at radius 2 is 1.44 bits per heavy atom. The molecule has 0 aliphatic heterocycles. The van der Waals surface area contributed by atoms with Crippen molar-refractivity contribution in [3.63, 3.8) is 0 Å². The van der Waals surface area contributed by atoms with Crippen molar-refractivity contribution in [1.82, 2.24) is 15.0 Å². The summed E-state index contributed by atoms with van der Waals surface area (Å²) in [6, 6.07) is 25.3. The first-order valence-electron chi connectivity index (χ1n) is 18.6. The molecular formula is C46H43N3O. The zero-order valence-corrected chi connectivity index (χ0v) is 29.0. The number of furan rings is 1. The molecule has 2 aromatic heterocycles. The van der Waals surface area contributed by atoms with Crippen molar-refractivity contribution >= 4 is 22.6 Å². The van der Waals surface area contributed by atoms with E-state index >= 15 is 0 Å². The molecule has 0 N–H and O–H groups in total. The highest BCUT2D eigenvalue weighted by atomic mass is 16.3. The topological polar surface area (TPSA) is 51.8 Å². The molecule has 2 heterocycles. The average Bonchev–Trinajstić information content (AvgIpc) is 3.65. The largest absolute Gasteiger partial charge is 0.456 e. The van der Waals surface area contributed by atoms with Crippen LogP contribution in [0.3, 0.4) is 0 Å². The van der Waals surface area contributed by atoms with Crippen LogP contribution < -0.4 is 0 Å². The summed E-state index contributed by atoms with van der Waals surface area (Å²) in [5, 5.41) is 1.19. The molecule has 0 bridgehead atoms. The second kappa shape index (κ2) is 12.7. The molecule has 3 aromatic carbocycles. The lowest BCUT2D eigenvalue weighted by Crippen LogP contribution is -2.21. The van der Waals surface area contributed by atoms with Gasteiger partial charge in [0.1, 0.15) is 11.3 Å². The summed E-state index contributed by atoms with van der Waals surface area (Å²) in [4.78, 5) is 15.5. The Balaban J connectivity index is 1.25. The van der Waals surface area contributed by atoms with Crippen molar-refractivity contribution < 1.29 is 4.42 Å². The number of allylic oxidation sites excluding steroid dienone is 9. The average molecular weight is 654 g/mol. The predicted molar refractivity (Wildman–Crippen MR) is 205 cm³/mol. The molecule has 4 nitrogen and oxygen atoms in total. The molecule has 4 heteroatoms. The van der Waals surface area contributed by atoms with Gasteiger partial charge < -0.3 is 4.42 Å². The van der Waals surface area contributed by atoms with Crippen LogP contribution in [0.1, 0.15) is 82.1 Å². The Morgan fingerprint density at radius 1 is 0.700 bits per heavy atom. The number of fused-ring (bicyclic) bond motifs is 5. The van der Waals surface area contributed by atoms with E-state index in [0.717, 1.165) is 72.1 Å². The second-order valence-electron chi connectivity index (χ2n) is 14.2. The fraction of sp³-hybridized carbons (Fsp3) is 0.283. The minimum atomic E-state index is -0.0367. The van der Waals surface area contributed by atoms with Crippen LogP contribution in [-0.2, 0) is 5.41 Å². The summed E-state index contributed by atoms with van der Waals surface area (Å²) in [6.07, 6.45) is 25.6. The normalized spacial score (nSPS) is 22.1. The molecule has 4 aliphatic carbocycles. The third-order valence-corrected chi connectivity index (χ3v) is 11.2. The molecule has 248 valence electrons. The Morgan fingerprint density at radius 3 is 2.24 bits per heavy atom. The number of para-hydroxylation sites is 1. The standard InChI is InChI=1S/C46H43N3O/c1-3-16-31-20-11-14-27-37(31)46-38(17-4-2)39(46)28-29-40-41(46)35-25-15-26-36(42(35)50-40)45-48-43(32-21-9-6-10-22-32)47-44(49-45)34-24-13-12-23-33(34)30-18-7-5-8-19-30/h6-7,9-10,12-13,15,18-29,38-39H,3-5,8,11,14,16-17H2,1-2H3. The lowest BCUT2D eigenvalue weighted by molar-refractivity contribution is 0.572. The third kappa shape index (κ3) is 4.91. The highest BCUT2D eigenvalue weighted by molar-refractivity contribution is 5.98. The number of hydrogen-bond acceptors (Lipinski definition) is 4. The SMILES string of the molecule is CCCC1=CCCC=C1C12c3c(oc4c(-c5nc(-c6ccccc6)nc(-c6ccccc6C6=CCCC=C6)n5)cccc34)C=CC1C2CCC. The van der Waals surface area contributed by atoms with E-state index < -0.39 is 0 Å². The quantitative estimate of drug-likeness (QED) is 0.159. The number of benzene rings is 3.